The summed E-state index contributed by atoms with van der Waals surface area (Å²) in [5.74, 6) is -54.6. The SMILES string of the molecule is CN(C)CCCN(C[C@@H](O)CS(=O)(=O)O)S(=O)(=O)C(F)(F)C(F)(F)C(F)(F)C(F)(F)C(F)(F)C(F)(F)C(F)(F)C(F)(F)F. The molecule has 0 spiro atoms. The van der Waals surface area contributed by atoms with Gasteiger partial charge in [0, 0.05) is 13.1 Å². The molecular formula is C16H19F17N2O6S2. The topological polar surface area (TPSA) is 115 Å². The Kier molecular flexibility index (Phi) is 11.6. The third kappa shape index (κ3) is 7.19. The van der Waals surface area contributed by atoms with Crippen molar-refractivity contribution in [1.82, 2.24) is 9.21 Å². The second kappa shape index (κ2) is 12.1. The Morgan fingerprint density at radius 1 is 0.605 bits per heavy atom. The van der Waals surface area contributed by atoms with Gasteiger partial charge in [0.2, 0.25) is 0 Å². The Bertz CT molecular complexity index is 1190. The van der Waals surface area contributed by atoms with Gasteiger partial charge >= 0.3 is 47.0 Å². The van der Waals surface area contributed by atoms with Crippen molar-refractivity contribution in [2.45, 2.75) is 59.5 Å². The lowest BCUT2D eigenvalue weighted by atomic mass is 9.91. The van der Waals surface area contributed by atoms with Gasteiger partial charge in [-0.25, -0.2) is 8.42 Å². The van der Waals surface area contributed by atoms with Crippen molar-refractivity contribution >= 4 is 20.1 Å². The molecule has 2 N–H and O–H groups in total. The van der Waals surface area contributed by atoms with Crippen LogP contribution in [0.25, 0.3) is 0 Å². The summed E-state index contributed by atoms with van der Waals surface area (Å²) < 4.78 is 283. The molecule has 0 aromatic rings. The quantitative estimate of drug-likeness (QED) is 0.184. The number of sulfonamides is 1. The van der Waals surface area contributed by atoms with Crippen molar-refractivity contribution in [2.75, 3.05) is 39.5 Å². The van der Waals surface area contributed by atoms with E-state index in [9.17, 15) is 96.6 Å². The summed E-state index contributed by atoms with van der Waals surface area (Å²) in [6.45, 7) is -4.21. The van der Waals surface area contributed by atoms with E-state index in [4.69, 9.17) is 4.55 Å². The Hall–Kier alpha value is -1.45. The number of hydrogen-bond acceptors (Lipinski definition) is 6. The van der Waals surface area contributed by atoms with Gasteiger partial charge in [0.15, 0.2) is 0 Å². The Labute approximate surface area is 230 Å². The van der Waals surface area contributed by atoms with Gasteiger partial charge in [-0.05, 0) is 27.1 Å². The van der Waals surface area contributed by atoms with E-state index < -0.39 is 109 Å². The number of hydrogen-bond donors (Lipinski definition) is 2. The van der Waals surface area contributed by atoms with E-state index in [-0.39, 0.29) is 0 Å². The van der Waals surface area contributed by atoms with Crippen LogP contribution in [0, 0.1) is 0 Å². The van der Waals surface area contributed by atoms with Crippen LogP contribution in [0.2, 0.25) is 0 Å². The summed E-state index contributed by atoms with van der Waals surface area (Å²) in [4.78, 5) is 1.10. The van der Waals surface area contributed by atoms with Crippen LogP contribution >= 0.6 is 0 Å². The van der Waals surface area contributed by atoms with Crippen molar-refractivity contribution in [3.8, 4) is 0 Å². The molecule has 260 valence electrons. The fourth-order valence-electron chi connectivity index (χ4n) is 2.88. The summed E-state index contributed by atoms with van der Waals surface area (Å²) in [5, 5.41) is 1.65. The van der Waals surface area contributed by atoms with Crippen molar-refractivity contribution in [3.63, 3.8) is 0 Å². The molecule has 0 bridgehead atoms. The van der Waals surface area contributed by atoms with Crippen molar-refractivity contribution in [1.29, 1.82) is 0 Å². The van der Waals surface area contributed by atoms with Gasteiger partial charge in [0.05, 0.1) is 6.10 Å². The first-order valence-corrected chi connectivity index (χ1v) is 13.5. The number of halogens is 17. The molecular weight excluding hydrogens is 703 g/mol. The van der Waals surface area contributed by atoms with Crippen LogP contribution in [-0.4, -0.2) is 128 Å². The third-order valence-electron chi connectivity index (χ3n) is 5.19. The molecule has 0 unspecified atom stereocenters. The Morgan fingerprint density at radius 3 is 1.28 bits per heavy atom. The lowest BCUT2D eigenvalue weighted by Crippen LogP contribution is -2.75. The minimum atomic E-state index is -9.01. The molecule has 0 radical (unpaired) electrons. The molecule has 0 saturated heterocycles. The fourth-order valence-corrected chi connectivity index (χ4v) is 4.98. The van der Waals surface area contributed by atoms with Gasteiger partial charge in [0.1, 0.15) is 5.75 Å². The number of nitrogens with zero attached hydrogens (tertiary/aromatic N) is 2. The van der Waals surface area contributed by atoms with Crippen LogP contribution in [-0.2, 0) is 20.1 Å². The second-order valence-electron chi connectivity index (χ2n) is 8.88. The van der Waals surface area contributed by atoms with E-state index in [1.807, 2.05) is 0 Å². The van der Waals surface area contributed by atoms with E-state index in [0.717, 1.165) is 4.90 Å². The van der Waals surface area contributed by atoms with Crippen LogP contribution < -0.4 is 0 Å². The molecule has 0 saturated carbocycles. The highest BCUT2D eigenvalue weighted by Gasteiger charge is 2.96. The van der Waals surface area contributed by atoms with Gasteiger partial charge < -0.3 is 10.0 Å². The van der Waals surface area contributed by atoms with Crippen LogP contribution in [0.3, 0.4) is 0 Å². The molecule has 0 amide bonds. The van der Waals surface area contributed by atoms with Crippen molar-refractivity contribution < 1.29 is 101 Å². The van der Waals surface area contributed by atoms with E-state index in [2.05, 4.69) is 0 Å². The molecule has 8 nitrogen and oxygen atoms in total. The molecule has 43 heavy (non-hydrogen) atoms. The predicted molar refractivity (Wildman–Crippen MR) is 107 cm³/mol. The van der Waals surface area contributed by atoms with Gasteiger partial charge in [-0.1, -0.05) is 0 Å². The Balaban J connectivity index is 7.10. The average molecular weight is 722 g/mol. The summed E-state index contributed by atoms with van der Waals surface area (Å²) >= 11 is 0. The highest BCUT2D eigenvalue weighted by molar-refractivity contribution is 7.90. The monoisotopic (exact) mass is 722 g/mol. The van der Waals surface area contributed by atoms with Gasteiger partial charge in [-0.3, -0.25) is 4.55 Å². The standard InChI is InChI=1S/C16H19F17N2O6S2/c1-34(2)4-3-5-35(6-8(36)7-42(37,38)39)43(40,41)16(32,33)14(27,28)12(23,24)10(19,20)9(17,18)11(21,22)13(25,26)15(29,30)31/h8,36H,3-7H2,1-2H3,(H,37,38,39)/t8-/m1/s1. The molecule has 0 heterocycles. The fraction of sp³-hybridized carbons (Fsp3) is 1.00. The second-order valence-corrected chi connectivity index (χ2v) is 12.4. The van der Waals surface area contributed by atoms with E-state index in [0.29, 0.717) is 0 Å². The summed E-state index contributed by atoms with van der Waals surface area (Å²) in [6, 6.07) is 0. The molecule has 0 aliphatic carbocycles. The largest absolute Gasteiger partial charge is 0.460 e. The maximum atomic E-state index is 14.5. The summed E-state index contributed by atoms with van der Waals surface area (Å²) in [6.07, 6.45) is -11.7. The van der Waals surface area contributed by atoms with Crippen LogP contribution in [0.1, 0.15) is 6.42 Å². The molecule has 27 heteroatoms. The molecule has 0 aromatic carbocycles. The van der Waals surface area contributed by atoms with Gasteiger partial charge in [0.25, 0.3) is 20.1 Å². The van der Waals surface area contributed by atoms with E-state index in [1.54, 1.807) is 0 Å². The average Bonchev–Trinajstić information content (AvgIpc) is 2.75. The molecule has 0 fully saturated rings. The maximum Gasteiger partial charge on any atom is 0.460 e. The first kappa shape index (κ1) is 41.5. The van der Waals surface area contributed by atoms with Crippen LogP contribution in [0.5, 0.6) is 0 Å². The lowest BCUT2D eigenvalue weighted by molar-refractivity contribution is -0.458. The maximum absolute atomic E-state index is 14.5. The number of rotatable bonds is 16. The van der Waals surface area contributed by atoms with Gasteiger partial charge in [-0.15, -0.1) is 0 Å². The normalized spacial score (nSPS) is 16.7. The summed E-state index contributed by atoms with van der Waals surface area (Å²) in [7, 11) is -10.7. The molecule has 0 aromatic heterocycles. The zero-order valence-corrected chi connectivity index (χ0v) is 22.4. The molecule has 0 rings (SSSR count). The van der Waals surface area contributed by atoms with Crippen molar-refractivity contribution in [3.05, 3.63) is 0 Å². The number of aliphatic hydroxyl groups is 1. The predicted octanol–water partition coefficient (Wildman–Crippen LogP) is 3.79. The molecule has 0 aliphatic heterocycles. The first-order valence-electron chi connectivity index (χ1n) is 10.4. The highest BCUT2D eigenvalue weighted by atomic mass is 32.2. The third-order valence-corrected chi connectivity index (χ3v) is 7.91. The number of aliphatic hydroxyl groups excluding tert-OH is 1. The molecule has 1 atom stereocenters. The lowest BCUT2D eigenvalue weighted by Gasteiger charge is -2.43. The van der Waals surface area contributed by atoms with Crippen molar-refractivity contribution in [2.24, 2.45) is 0 Å². The minimum absolute atomic E-state index is 0.425. The minimum Gasteiger partial charge on any atom is -0.391 e. The van der Waals surface area contributed by atoms with Crippen LogP contribution in [0.15, 0.2) is 0 Å². The van der Waals surface area contributed by atoms with E-state index >= 15 is 0 Å². The summed E-state index contributed by atoms with van der Waals surface area (Å²) in [5.41, 5.74) is 0. The first-order chi connectivity index (χ1) is 18.4. The zero-order chi connectivity index (χ0) is 35.3. The zero-order valence-electron chi connectivity index (χ0n) is 20.8. The van der Waals surface area contributed by atoms with E-state index in [1.165, 1.54) is 14.1 Å². The van der Waals surface area contributed by atoms with Gasteiger partial charge in [-0.2, -0.15) is 87.4 Å². The highest BCUT2D eigenvalue weighted by Crippen LogP contribution is 2.64. The number of alkyl halides is 17. The molecule has 0 aliphatic rings. The Morgan fingerprint density at radius 2 is 0.953 bits per heavy atom. The van der Waals surface area contributed by atoms with Crippen LogP contribution in [0.4, 0.5) is 74.6 Å². The smallest absolute Gasteiger partial charge is 0.391 e.